The molecule has 21 heavy (non-hydrogen) atoms. The van der Waals surface area contributed by atoms with Gasteiger partial charge in [0, 0.05) is 30.7 Å². The fourth-order valence-corrected chi connectivity index (χ4v) is 2.96. The Kier molecular flexibility index (Phi) is 5.04. The van der Waals surface area contributed by atoms with Crippen LogP contribution in [-0.4, -0.2) is 35.8 Å². The molecule has 118 valence electrons. The van der Waals surface area contributed by atoms with E-state index < -0.39 is 0 Å². The second-order valence-corrected chi connectivity index (χ2v) is 6.31. The van der Waals surface area contributed by atoms with Crippen LogP contribution in [0.3, 0.4) is 0 Å². The van der Waals surface area contributed by atoms with E-state index >= 15 is 0 Å². The molecule has 1 heterocycles. The monoisotopic (exact) mass is 292 g/mol. The first-order valence-corrected chi connectivity index (χ1v) is 7.91. The summed E-state index contributed by atoms with van der Waals surface area (Å²) < 4.78 is 5.52. The zero-order valence-electron chi connectivity index (χ0n) is 13.9. The van der Waals surface area contributed by atoms with E-state index in [1.807, 2.05) is 0 Å². The number of ether oxygens (including phenoxy) is 1. The van der Waals surface area contributed by atoms with Crippen LogP contribution in [0.4, 0.5) is 11.6 Å². The normalized spacial score (nSPS) is 23.5. The molecule has 1 aliphatic rings. The third kappa shape index (κ3) is 3.12. The summed E-state index contributed by atoms with van der Waals surface area (Å²) >= 11 is 0. The van der Waals surface area contributed by atoms with E-state index in [1.54, 1.807) is 13.4 Å². The van der Waals surface area contributed by atoms with E-state index in [-0.39, 0.29) is 5.41 Å². The Labute approximate surface area is 127 Å². The summed E-state index contributed by atoms with van der Waals surface area (Å²) in [6.07, 6.45) is 4.98. The van der Waals surface area contributed by atoms with Crippen molar-refractivity contribution in [1.82, 2.24) is 9.97 Å². The molecule has 2 unspecified atom stereocenters. The lowest BCUT2D eigenvalue weighted by Gasteiger charge is -2.51. The Bertz CT molecular complexity index is 475. The van der Waals surface area contributed by atoms with E-state index in [0.717, 1.165) is 37.4 Å². The Balaban J connectivity index is 2.13. The molecule has 0 amide bonds. The fourth-order valence-electron chi connectivity index (χ4n) is 2.96. The molecule has 0 bridgehead atoms. The second kappa shape index (κ2) is 6.60. The van der Waals surface area contributed by atoms with Crippen LogP contribution in [0, 0.1) is 5.41 Å². The minimum atomic E-state index is 0.127. The molecule has 2 atom stereocenters. The molecular formula is C16H28N4O. The van der Waals surface area contributed by atoms with Gasteiger partial charge in [-0.05, 0) is 19.3 Å². The molecule has 0 radical (unpaired) electrons. The molecule has 1 saturated carbocycles. The van der Waals surface area contributed by atoms with Crippen molar-refractivity contribution < 1.29 is 4.74 Å². The minimum absolute atomic E-state index is 0.127. The third-order valence-electron chi connectivity index (χ3n) is 4.61. The van der Waals surface area contributed by atoms with Crippen molar-refractivity contribution in [2.24, 2.45) is 5.41 Å². The van der Waals surface area contributed by atoms with Crippen molar-refractivity contribution in [2.75, 3.05) is 24.3 Å². The SMILES string of the molecule is CCCNc1ncnc(NC2CC(OC)C2(C)C)c1CC. The lowest BCUT2D eigenvalue weighted by molar-refractivity contribution is -0.0795. The van der Waals surface area contributed by atoms with Crippen LogP contribution in [0.1, 0.15) is 46.1 Å². The average molecular weight is 292 g/mol. The van der Waals surface area contributed by atoms with Gasteiger partial charge in [0.2, 0.25) is 0 Å². The standard InChI is InChI=1S/C16H28N4O/c1-6-8-17-14-11(7-2)15(19-10-18-14)20-12-9-13(21-5)16(12,3)4/h10,12-13H,6-9H2,1-5H3,(H2,17,18,19,20). The Morgan fingerprint density at radius 1 is 1.29 bits per heavy atom. The number of hydrogen-bond donors (Lipinski definition) is 2. The van der Waals surface area contributed by atoms with Gasteiger partial charge in [-0.2, -0.15) is 0 Å². The van der Waals surface area contributed by atoms with Gasteiger partial charge in [0.05, 0.1) is 6.10 Å². The largest absolute Gasteiger partial charge is 0.381 e. The van der Waals surface area contributed by atoms with Crippen LogP contribution >= 0.6 is 0 Å². The summed E-state index contributed by atoms with van der Waals surface area (Å²) in [5.74, 6) is 1.91. The van der Waals surface area contributed by atoms with Gasteiger partial charge >= 0.3 is 0 Å². The highest BCUT2D eigenvalue weighted by Gasteiger charge is 2.48. The molecule has 1 fully saturated rings. The highest BCUT2D eigenvalue weighted by atomic mass is 16.5. The van der Waals surface area contributed by atoms with Crippen molar-refractivity contribution in [1.29, 1.82) is 0 Å². The number of anilines is 2. The number of methoxy groups -OCH3 is 1. The molecule has 0 aliphatic heterocycles. The maximum atomic E-state index is 5.52. The molecule has 1 aromatic rings. The predicted octanol–water partition coefficient (Wildman–Crippen LogP) is 3.09. The highest BCUT2D eigenvalue weighted by molar-refractivity contribution is 5.58. The molecule has 2 rings (SSSR count). The topological polar surface area (TPSA) is 59.1 Å². The van der Waals surface area contributed by atoms with Crippen molar-refractivity contribution >= 4 is 11.6 Å². The van der Waals surface area contributed by atoms with Crippen LogP contribution < -0.4 is 10.6 Å². The number of nitrogens with zero attached hydrogens (tertiary/aromatic N) is 2. The van der Waals surface area contributed by atoms with Crippen LogP contribution in [0.25, 0.3) is 0 Å². The first-order valence-electron chi connectivity index (χ1n) is 7.91. The molecule has 1 aromatic heterocycles. The van der Waals surface area contributed by atoms with Gasteiger partial charge in [-0.15, -0.1) is 0 Å². The van der Waals surface area contributed by atoms with Gasteiger partial charge in [-0.1, -0.05) is 27.7 Å². The Morgan fingerprint density at radius 2 is 2.00 bits per heavy atom. The molecule has 2 N–H and O–H groups in total. The van der Waals surface area contributed by atoms with Gasteiger partial charge in [0.15, 0.2) is 0 Å². The molecule has 0 spiro atoms. The maximum absolute atomic E-state index is 5.52. The zero-order valence-corrected chi connectivity index (χ0v) is 13.9. The number of hydrogen-bond acceptors (Lipinski definition) is 5. The summed E-state index contributed by atoms with van der Waals surface area (Å²) in [4.78, 5) is 8.83. The summed E-state index contributed by atoms with van der Waals surface area (Å²) in [6.45, 7) is 9.71. The van der Waals surface area contributed by atoms with Gasteiger partial charge in [0.25, 0.3) is 0 Å². The lowest BCUT2D eigenvalue weighted by Crippen LogP contribution is -2.57. The maximum Gasteiger partial charge on any atom is 0.134 e. The third-order valence-corrected chi connectivity index (χ3v) is 4.61. The van der Waals surface area contributed by atoms with Crippen molar-refractivity contribution in [3.05, 3.63) is 11.9 Å². The summed E-state index contributed by atoms with van der Waals surface area (Å²) in [5.41, 5.74) is 1.30. The number of rotatable bonds is 7. The summed E-state index contributed by atoms with van der Waals surface area (Å²) in [7, 11) is 1.79. The van der Waals surface area contributed by atoms with E-state index in [0.29, 0.717) is 12.1 Å². The van der Waals surface area contributed by atoms with Crippen LogP contribution in [0.2, 0.25) is 0 Å². The van der Waals surface area contributed by atoms with Crippen LogP contribution in [-0.2, 0) is 11.2 Å². The number of nitrogens with one attached hydrogen (secondary N) is 2. The fraction of sp³-hybridized carbons (Fsp3) is 0.750. The Hall–Kier alpha value is -1.36. The highest BCUT2D eigenvalue weighted by Crippen LogP contribution is 2.44. The van der Waals surface area contributed by atoms with E-state index in [9.17, 15) is 0 Å². The first-order chi connectivity index (χ1) is 10.0. The molecule has 5 nitrogen and oxygen atoms in total. The zero-order chi connectivity index (χ0) is 15.5. The number of aromatic nitrogens is 2. The van der Waals surface area contributed by atoms with Crippen LogP contribution in [0.5, 0.6) is 0 Å². The van der Waals surface area contributed by atoms with Gasteiger partial charge in [0.1, 0.15) is 18.0 Å². The van der Waals surface area contributed by atoms with Gasteiger partial charge in [-0.3, -0.25) is 0 Å². The van der Waals surface area contributed by atoms with Gasteiger partial charge < -0.3 is 15.4 Å². The van der Waals surface area contributed by atoms with Crippen molar-refractivity contribution in [2.45, 2.75) is 59.1 Å². The molecule has 5 heteroatoms. The summed E-state index contributed by atoms with van der Waals surface area (Å²) in [5, 5.41) is 6.99. The molecule has 1 aliphatic carbocycles. The molecule has 0 aromatic carbocycles. The second-order valence-electron chi connectivity index (χ2n) is 6.31. The van der Waals surface area contributed by atoms with Gasteiger partial charge in [-0.25, -0.2) is 9.97 Å². The lowest BCUT2D eigenvalue weighted by atomic mass is 9.64. The molecule has 0 saturated heterocycles. The predicted molar refractivity (Wildman–Crippen MR) is 86.8 cm³/mol. The van der Waals surface area contributed by atoms with E-state index in [1.165, 1.54) is 5.56 Å². The minimum Gasteiger partial charge on any atom is -0.381 e. The smallest absolute Gasteiger partial charge is 0.134 e. The summed E-state index contributed by atoms with van der Waals surface area (Å²) in [6, 6.07) is 0.390. The molecular weight excluding hydrogens is 264 g/mol. The van der Waals surface area contributed by atoms with Crippen molar-refractivity contribution in [3.8, 4) is 0 Å². The van der Waals surface area contributed by atoms with E-state index in [4.69, 9.17) is 4.74 Å². The Morgan fingerprint density at radius 3 is 2.57 bits per heavy atom. The average Bonchev–Trinajstić information content (AvgIpc) is 2.48. The van der Waals surface area contributed by atoms with E-state index in [2.05, 4.69) is 48.3 Å². The van der Waals surface area contributed by atoms with Crippen molar-refractivity contribution in [3.63, 3.8) is 0 Å². The van der Waals surface area contributed by atoms with Crippen LogP contribution in [0.15, 0.2) is 6.33 Å². The quantitative estimate of drug-likeness (QED) is 0.808. The first kappa shape index (κ1) is 16.0.